The first-order chi connectivity index (χ1) is 8.29. The zero-order valence-corrected chi connectivity index (χ0v) is 12.3. The number of likely N-dealkylation sites (N-methyl/N-ethyl adjacent to an activating group) is 2. The number of hydrogen-bond acceptors (Lipinski definition) is 3. The molecule has 0 bridgehead atoms. The molecule has 0 atom stereocenters. The van der Waals surface area contributed by atoms with E-state index >= 15 is 0 Å². The topological polar surface area (TPSA) is 43.8 Å². The zero-order valence-electron chi connectivity index (χ0n) is 12.3. The highest BCUT2D eigenvalue weighted by atomic mass is 16.3. The third-order valence-corrected chi connectivity index (χ3v) is 3.58. The summed E-state index contributed by atoms with van der Waals surface area (Å²) in [5.41, 5.74) is -0.752. The minimum atomic E-state index is -0.752. The van der Waals surface area contributed by atoms with E-state index in [1.54, 1.807) is 13.8 Å². The van der Waals surface area contributed by atoms with Gasteiger partial charge in [0.05, 0.1) is 12.1 Å². The van der Waals surface area contributed by atoms with Gasteiger partial charge < -0.3 is 10.0 Å². The Bertz CT molecular complexity index is 267. The number of aliphatic hydroxyl groups is 1. The van der Waals surface area contributed by atoms with Crippen molar-refractivity contribution in [3.05, 3.63) is 0 Å². The first-order valence-corrected chi connectivity index (χ1v) is 6.96. The number of nitrogens with zero attached hydrogens (tertiary/aromatic N) is 2. The Hall–Kier alpha value is -0.610. The lowest BCUT2D eigenvalue weighted by Crippen LogP contribution is -2.46. The minimum absolute atomic E-state index is 0.161. The second-order valence-electron chi connectivity index (χ2n) is 6.28. The fraction of sp³-hybridized carbons (Fsp3) is 0.929. The summed E-state index contributed by atoms with van der Waals surface area (Å²) in [4.78, 5) is 15.9. The molecule has 0 aliphatic heterocycles. The Kier molecular flexibility index (Phi) is 5.60. The molecule has 1 amide bonds. The van der Waals surface area contributed by atoms with E-state index in [0.29, 0.717) is 19.1 Å². The van der Waals surface area contributed by atoms with E-state index in [-0.39, 0.29) is 5.91 Å². The average molecular weight is 256 g/mol. The molecule has 4 nitrogen and oxygen atoms in total. The maximum Gasteiger partial charge on any atom is 0.236 e. The van der Waals surface area contributed by atoms with Gasteiger partial charge in [-0.2, -0.15) is 0 Å². The third kappa shape index (κ3) is 5.36. The molecule has 18 heavy (non-hydrogen) atoms. The lowest BCUT2D eigenvalue weighted by atomic mass is 9.94. The molecule has 0 heterocycles. The monoisotopic (exact) mass is 256 g/mol. The highest BCUT2D eigenvalue weighted by molar-refractivity contribution is 5.78. The van der Waals surface area contributed by atoms with E-state index in [4.69, 9.17) is 0 Å². The van der Waals surface area contributed by atoms with Crippen molar-refractivity contribution >= 4 is 5.91 Å². The van der Waals surface area contributed by atoms with Crippen LogP contribution in [0.1, 0.15) is 46.0 Å². The number of amides is 1. The van der Waals surface area contributed by atoms with Gasteiger partial charge in [-0.05, 0) is 33.7 Å². The van der Waals surface area contributed by atoms with Gasteiger partial charge in [0.15, 0.2) is 0 Å². The van der Waals surface area contributed by atoms with Crippen LogP contribution in [0.4, 0.5) is 0 Å². The summed E-state index contributed by atoms with van der Waals surface area (Å²) >= 11 is 0. The van der Waals surface area contributed by atoms with E-state index in [1.165, 1.54) is 19.3 Å². The largest absolute Gasteiger partial charge is 0.389 e. The van der Waals surface area contributed by atoms with Crippen molar-refractivity contribution in [2.75, 3.05) is 27.2 Å². The van der Waals surface area contributed by atoms with Crippen LogP contribution >= 0.6 is 0 Å². The van der Waals surface area contributed by atoms with Crippen molar-refractivity contribution in [1.82, 2.24) is 9.80 Å². The van der Waals surface area contributed by atoms with Gasteiger partial charge in [-0.15, -0.1) is 0 Å². The van der Waals surface area contributed by atoms with Gasteiger partial charge >= 0.3 is 0 Å². The molecule has 0 aromatic rings. The Morgan fingerprint density at radius 3 is 2.28 bits per heavy atom. The molecule has 1 fully saturated rings. The van der Waals surface area contributed by atoms with Crippen LogP contribution in [0, 0.1) is 0 Å². The minimum Gasteiger partial charge on any atom is -0.389 e. The summed E-state index contributed by atoms with van der Waals surface area (Å²) in [6.45, 7) is 4.42. The zero-order chi connectivity index (χ0) is 13.8. The van der Waals surface area contributed by atoms with Crippen molar-refractivity contribution < 1.29 is 9.90 Å². The van der Waals surface area contributed by atoms with Crippen LogP contribution in [0.5, 0.6) is 0 Å². The molecule has 4 heteroatoms. The van der Waals surface area contributed by atoms with E-state index in [9.17, 15) is 9.90 Å². The molecule has 1 aliphatic carbocycles. The summed E-state index contributed by atoms with van der Waals surface area (Å²) in [5.74, 6) is 0.161. The van der Waals surface area contributed by atoms with Crippen molar-refractivity contribution in [2.45, 2.75) is 57.6 Å². The molecule has 1 N–H and O–H groups in total. The Morgan fingerprint density at radius 2 is 1.78 bits per heavy atom. The van der Waals surface area contributed by atoms with Gasteiger partial charge in [-0.25, -0.2) is 0 Å². The number of hydrogen-bond donors (Lipinski definition) is 1. The molecule has 0 spiro atoms. The smallest absolute Gasteiger partial charge is 0.236 e. The second kappa shape index (κ2) is 6.53. The molecule has 1 rings (SSSR count). The molecular weight excluding hydrogens is 228 g/mol. The number of carbonyl (C=O) groups is 1. The fourth-order valence-corrected chi connectivity index (χ4v) is 2.73. The van der Waals surface area contributed by atoms with Gasteiger partial charge in [0, 0.05) is 19.6 Å². The lowest BCUT2D eigenvalue weighted by molar-refractivity contribution is -0.134. The van der Waals surface area contributed by atoms with Crippen LogP contribution in [0.2, 0.25) is 0 Å². The first-order valence-electron chi connectivity index (χ1n) is 6.96. The maximum absolute atomic E-state index is 12.1. The Labute approximate surface area is 111 Å². The lowest BCUT2D eigenvalue weighted by Gasteiger charge is -2.33. The molecule has 0 aromatic carbocycles. The summed E-state index contributed by atoms with van der Waals surface area (Å²) in [6, 6.07) is 0.418. The van der Waals surface area contributed by atoms with Crippen LogP contribution in [-0.4, -0.2) is 59.6 Å². The van der Waals surface area contributed by atoms with Gasteiger partial charge in [0.25, 0.3) is 0 Å². The number of rotatable bonds is 5. The number of carbonyl (C=O) groups excluding carboxylic acids is 1. The second-order valence-corrected chi connectivity index (χ2v) is 6.28. The molecule has 0 aromatic heterocycles. The quantitative estimate of drug-likeness (QED) is 0.810. The Balaban J connectivity index is 2.39. The third-order valence-electron chi connectivity index (χ3n) is 3.58. The molecule has 106 valence electrons. The highest BCUT2D eigenvalue weighted by Gasteiger charge is 2.24. The average Bonchev–Trinajstić information content (AvgIpc) is 2.26. The van der Waals surface area contributed by atoms with Crippen LogP contribution in [0.3, 0.4) is 0 Å². The summed E-state index contributed by atoms with van der Waals surface area (Å²) in [7, 11) is 3.79. The molecular formula is C14H28N2O2. The summed E-state index contributed by atoms with van der Waals surface area (Å²) in [5, 5.41) is 9.72. The summed E-state index contributed by atoms with van der Waals surface area (Å²) in [6.07, 6.45) is 6.05. The van der Waals surface area contributed by atoms with Crippen LogP contribution in [-0.2, 0) is 4.79 Å². The first kappa shape index (κ1) is 15.4. The molecule has 0 unspecified atom stereocenters. The van der Waals surface area contributed by atoms with Crippen molar-refractivity contribution in [3.8, 4) is 0 Å². The predicted molar refractivity (Wildman–Crippen MR) is 73.4 cm³/mol. The maximum atomic E-state index is 12.1. The van der Waals surface area contributed by atoms with Gasteiger partial charge in [0.2, 0.25) is 5.91 Å². The summed E-state index contributed by atoms with van der Waals surface area (Å²) < 4.78 is 0. The SMILES string of the molecule is CN(CC(=O)N(C)C1CCCCC1)CC(C)(C)O. The predicted octanol–water partition coefficient (Wildman–Crippen LogP) is 1.48. The molecule has 0 radical (unpaired) electrons. The van der Waals surface area contributed by atoms with Crippen molar-refractivity contribution in [2.24, 2.45) is 0 Å². The molecule has 1 saturated carbocycles. The van der Waals surface area contributed by atoms with Crippen molar-refractivity contribution in [3.63, 3.8) is 0 Å². The van der Waals surface area contributed by atoms with E-state index in [0.717, 1.165) is 12.8 Å². The van der Waals surface area contributed by atoms with Gasteiger partial charge in [0.1, 0.15) is 0 Å². The van der Waals surface area contributed by atoms with Crippen LogP contribution in [0.25, 0.3) is 0 Å². The van der Waals surface area contributed by atoms with Gasteiger partial charge in [-0.1, -0.05) is 19.3 Å². The molecule has 1 aliphatic rings. The van der Waals surface area contributed by atoms with E-state index < -0.39 is 5.60 Å². The van der Waals surface area contributed by atoms with Gasteiger partial charge in [-0.3, -0.25) is 9.69 Å². The normalized spacial score (nSPS) is 18.1. The van der Waals surface area contributed by atoms with E-state index in [2.05, 4.69) is 0 Å². The fourth-order valence-electron chi connectivity index (χ4n) is 2.73. The highest BCUT2D eigenvalue weighted by Crippen LogP contribution is 2.21. The Morgan fingerprint density at radius 1 is 1.22 bits per heavy atom. The molecule has 0 saturated heterocycles. The van der Waals surface area contributed by atoms with Crippen LogP contribution < -0.4 is 0 Å². The standard InChI is InChI=1S/C14H28N2O2/c1-14(2,18)11-15(3)10-13(17)16(4)12-8-6-5-7-9-12/h12,18H,5-11H2,1-4H3. The van der Waals surface area contributed by atoms with E-state index in [1.807, 2.05) is 23.9 Å². The van der Waals surface area contributed by atoms with Crippen LogP contribution in [0.15, 0.2) is 0 Å². The van der Waals surface area contributed by atoms with Crippen molar-refractivity contribution in [1.29, 1.82) is 0 Å².